The fraction of sp³-hybridized carbons (Fsp3) is 0.115. The Morgan fingerprint density at radius 3 is 2.23 bits per heavy atom. The van der Waals surface area contributed by atoms with Gasteiger partial charge in [-0.2, -0.15) is 0 Å². The number of benzene rings is 3. The monoisotopic (exact) mass is 410 g/mol. The number of amides is 1. The van der Waals surface area contributed by atoms with Crippen molar-refractivity contribution >= 4 is 28.5 Å². The number of esters is 1. The van der Waals surface area contributed by atoms with Gasteiger partial charge in [0.2, 0.25) is 0 Å². The summed E-state index contributed by atoms with van der Waals surface area (Å²) in [7, 11) is 1.33. The number of carbonyl (C=O) groups is 2. The van der Waals surface area contributed by atoms with E-state index in [0.29, 0.717) is 16.8 Å². The highest BCUT2D eigenvalue weighted by Crippen LogP contribution is 2.30. The van der Waals surface area contributed by atoms with Crippen LogP contribution in [0, 0.1) is 13.8 Å². The van der Waals surface area contributed by atoms with Crippen LogP contribution in [0.1, 0.15) is 31.8 Å². The number of methoxy groups -OCH3 is 1. The molecular formula is C26H22N2O3. The summed E-state index contributed by atoms with van der Waals surface area (Å²) in [6.07, 6.45) is 0. The first-order valence-corrected chi connectivity index (χ1v) is 9.94. The van der Waals surface area contributed by atoms with Gasteiger partial charge in [0, 0.05) is 16.6 Å². The molecule has 5 heteroatoms. The third-order valence-electron chi connectivity index (χ3n) is 5.25. The molecule has 1 amide bonds. The summed E-state index contributed by atoms with van der Waals surface area (Å²) in [5.41, 5.74) is 6.08. The molecule has 0 saturated heterocycles. The fourth-order valence-electron chi connectivity index (χ4n) is 3.59. The van der Waals surface area contributed by atoms with Crippen molar-refractivity contribution in [3.63, 3.8) is 0 Å². The Morgan fingerprint density at radius 2 is 1.55 bits per heavy atom. The average Bonchev–Trinajstić information content (AvgIpc) is 2.79. The van der Waals surface area contributed by atoms with Crippen LogP contribution in [0.25, 0.3) is 22.2 Å². The van der Waals surface area contributed by atoms with Gasteiger partial charge in [0.1, 0.15) is 0 Å². The van der Waals surface area contributed by atoms with E-state index in [9.17, 15) is 9.59 Å². The number of nitrogens with one attached hydrogen (secondary N) is 1. The van der Waals surface area contributed by atoms with Crippen LogP contribution in [0.15, 0.2) is 72.8 Å². The van der Waals surface area contributed by atoms with Gasteiger partial charge < -0.3 is 10.1 Å². The minimum Gasteiger partial charge on any atom is -0.465 e. The van der Waals surface area contributed by atoms with Crippen molar-refractivity contribution in [2.75, 3.05) is 12.4 Å². The lowest BCUT2D eigenvalue weighted by Crippen LogP contribution is -2.15. The summed E-state index contributed by atoms with van der Waals surface area (Å²) in [6.45, 7) is 3.96. The summed E-state index contributed by atoms with van der Waals surface area (Å²) in [5, 5.41) is 3.74. The summed E-state index contributed by atoms with van der Waals surface area (Å²) < 4.78 is 4.72. The molecule has 0 aliphatic heterocycles. The molecule has 154 valence electrons. The minimum atomic E-state index is -0.420. The van der Waals surface area contributed by atoms with Gasteiger partial charge in [-0.05, 0) is 49.7 Å². The summed E-state index contributed by atoms with van der Waals surface area (Å²) in [6, 6.07) is 22.4. The molecule has 3 aromatic carbocycles. The maximum absolute atomic E-state index is 13.3. The molecule has 0 atom stereocenters. The van der Waals surface area contributed by atoms with E-state index in [4.69, 9.17) is 9.72 Å². The van der Waals surface area contributed by atoms with Gasteiger partial charge in [0.05, 0.1) is 29.4 Å². The summed E-state index contributed by atoms with van der Waals surface area (Å²) in [5.74, 6) is -0.646. The van der Waals surface area contributed by atoms with Crippen LogP contribution in [0.5, 0.6) is 0 Å². The SMILES string of the molecule is COC(=O)c1ccc(NC(=O)c2c(C)c(-c3ccc(C)cc3)nc3ccccc23)cc1. The molecule has 0 bridgehead atoms. The molecule has 0 saturated carbocycles. The predicted octanol–water partition coefficient (Wildman–Crippen LogP) is 5.56. The van der Waals surface area contributed by atoms with Crippen LogP contribution in [-0.2, 0) is 4.74 Å². The lowest BCUT2D eigenvalue weighted by atomic mass is 9.96. The first-order chi connectivity index (χ1) is 15.0. The van der Waals surface area contributed by atoms with Gasteiger partial charge >= 0.3 is 5.97 Å². The second kappa shape index (κ2) is 8.40. The molecule has 5 nitrogen and oxygen atoms in total. The number of fused-ring (bicyclic) bond motifs is 1. The smallest absolute Gasteiger partial charge is 0.337 e. The van der Waals surface area contributed by atoms with Crippen molar-refractivity contribution in [1.82, 2.24) is 4.98 Å². The number of hydrogen-bond acceptors (Lipinski definition) is 4. The van der Waals surface area contributed by atoms with E-state index in [-0.39, 0.29) is 5.91 Å². The van der Waals surface area contributed by atoms with Crippen LogP contribution in [-0.4, -0.2) is 24.0 Å². The van der Waals surface area contributed by atoms with E-state index in [1.165, 1.54) is 7.11 Å². The first-order valence-electron chi connectivity index (χ1n) is 9.94. The molecular weight excluding hydrogens is 388 g/mol. The number of anilines is 1. The van der Waals surface area contributed by atoms with E-state index in [1.54, 1.807) is 24.3 Å². The number of aryl methyl sites for hydroxylation is 1. The normalized spacial score (nSPS) is 10.7. The lowest BCUT2D eigenvalue weighted by Gasteiger charge is -2.15. The van der Waals surface area contributed by atoms with E-state index < -0.39 is 5.97 Å². The topological polar surface area (TPSA) is 68.3 Å². The van der Waals surface area contributed by atoms with E-state index in [0.717, 1.165) is 33.3 Å². The number of aromatic nitrogens is 1. The van der Waals surface area contributed by atoms with E-state index >= 15 is 0 Å². The predicted molar refractivity (Wildman–Crippen MR) is 122 cm³/mol. The average molecular weight is 410 g/mol. The quantitative estimate of drug-likeness (QED) is 0.448. The van der Waals surface area contributed by atoms with Crippen LogP contribution in [0.4, 0.5) is 5.69 Å². The Morgan fingerprint density at radius 1 is 0.871 bits per heavy atom. The van der Waals surface area contributed by atoms with Gasteiger partial charge in [-0.15, -0.1) is 0 Å². The third kappa shape index (κ3) is 4.03. The van der Waals surface area contributed by atoms with E-state index in [2.05, 4.69) is 5.32 Å². The van der Waals surface area contributed by atoms with Crippen molar-refractivity contribution in [2.45, 2.75) is 13.8 Å². The third-order valence-corrected chi connectivity index (χ3v) is 5.25. The maximum atomic E-state index is 13.3. The molecule has 0 aliphatic carbocycles. The van der Waals surface area contributed by atoms with Crippen LogP contribution < -0.4 is 5.32 Å². The van der Waals surface area contributed by atoms with Crippen LogP contribution in [0.3, 0.4) is 0 Å². The molecule has 31 heavy (non-hydrogen) atoms. The standard InChI is InChI=1S/C26H22N2O3/c1-16-8-10-18(11-9-16)24-17(2)23(21-6-4-5-7-22(21)28-24)25(29)27-20-14-12-19(13-15-20)26(30)31-3/h4-15H,1-3H3,(H,27,29). The largest absolute Gasteiger partial charge is 0.465 e. The van der Waals surface area contributed by atoms with Gasteiger partial charge in [-0.25, -0.2) is 9.78 Å². The zero-order valence-corrected chi connectivity index (χ0v) is 17.6. The van der Waals surface area contributed by atoms with E-state index in [1.807, 2.05) is 62.4 Å². The Hall–Kier alpha value is -3.99. The maximum Gasteiger partial charge on any atom is 0.337 e. The summed E-state index contributed by atoms with van der Waals surface area (Å²) >= 11 is 0. The molecule has 4 aromatic rings. The fourth-order valence-corrected chi connectivity index (χ4v) is 3.59. The molecule has 1 N–H and O–H groups in total. The summed E-state index contributed by atoms with van der Waals surface area (Å²) in [4.78, 5) is 29.8. The van der Waals surface area contributed by atoms with Gasteiger partial charge in [0.25, 0.3) is 5.91 Å². The second-order valence-electron chi connectivity index (χ2n) is 7.37. The Kier molecular flexibility index (Phi) is 5.50. The zero-order chi connectivity index (χ0) is 22.0. The molecule has 1 aromatic heterocycles. The molecule has 0 spiro atoms. The molecule has 4 rings (SSSR count). The molecule has 0 unspecified atom stereocenters. The number of pyridine rings is 1. The number of rotatable bonds is 4. The second-order valence-corrected chi connectivity index (χ2v) is 7.37. The Balaban J connectivity index is 1.77. The van der Waals surface area contributed by atoms with Crippen molar-refractivity contribution in [2.24, 2.45) is 0 Å². The van der Waals surface area contributed by atoms with Crippen LogP contribution in [0.2, 0.25) is 0 Å². The Bertz CT molecular complexity index is 1280. The molecule has 0 radical (unpaired) electrons. The van der Waals surface area contributed by atoms with Gasteiger partial charge in [0.15, 0.2) is 0 Å². The number of ether oxygens (including phenoxy) is 1. The Labute approximate surface area is 180 Å². The highest BCUT2D eigenvalue weighted by molar-refractivity contribution is 6.14. The lowest BCUT2D eigenvalue weighted by molar-refractivity contribution is 0.0600. The van der Waals surface area contributed by atoms with Crippen molar-refractivity contribution < 1.29 is 14.3 Å². The van der Waals surface area contributed by atoms with Crippen LogP contribution >= 0.6 is 0 Å². The molecule has 0 fully saturated rings. The highest BCUT2D eigenvalue weighted by Gasteiger charge is 2.19. The first kappa shape index (κ1) is 20.3. The van der Waals surface area contributed by atoms with Crippen molar-refractivity contribution in [3.8, 4) is 11.3 Å². The number of hydrogen-bond donors (Lipinski definition) is 1. The highest BCUT2D eigenvalue weighted by atomic mass is 16.5. The molecule has 0 aliphatic rings. The molecule has 1 heterocycles. The van der Waals surface area contributed by atoms with Gasteiger partial charge in [-0.3, -0.25) is 4.79 Å². The number of carbonyl (C=O) groups excluding carboxylic acids is 2. The minimum absolute atomic E-state index is 0.227. The number of para-hydroxylation sites is 1. The van der Waals surface area contributed by atoms with Crippen molar-refractivity contribution in [3.05, 3.63) is 95.1 Å². The number of nitrogens with zero attached hydrogens (tertiary/aromatic N) is 1. The zero-order valence-electron chi connectivity index (χ0n) is 17.6. The van der Waals surface area contributed by atoms with Crippen molar-refractivity contribution in [1.29, 1.82) is 0 Å². The van der Waals surface area contributed by atoms with Gasteiger partial charge in [-0.1, -0.05) is 48.0 Å².